The summed E-state index contributed by atoms with van der Waals surface area (Å²) in [6, 6.07) is 0. The van der Waals surface area contributed by atoms with Gasteiger partial charge in [0.25, 0.3) is 5.91 Å². The lowest BCUT2D eigenvalue weighted by atomic mass is 9.76. The Hall–Kier alpha value is -1.57. The Kier molecular flexibility index (Phi) is 4.36. The van der Waals surface area contributed by atoms with Crippen LogP contribution >= 0.6 is 0 Å². The Morgan fingerprint density at radius 1 is 1.29 bits per heavy atom. The number of carbonyl (C=O) groups is 1. The van der Waals surface area contributed by atoms with Crippen LogP contribution in [0.4, 0.5) is 0 Å². The topological polar surface area (TPSA) is 95.8 Å². The molecule has 2 atom stereocenters. The number of piperidine rings is 1. The fourth-order valence-electron chi connectivity index (χ4n) is 3.76. The van der Waals surface area contributed by atoms with Gasteiger partial charge in [-0.3, -0.25) is 4.79 Å². The second-order valence-corrected chi connectivity index (χ2v) is 7.26. The van der Waals surface area contributed by atoms with Crippen LogP contribution in [-0.2, 0) is 4.74 Å². The summed E-state index contributed by atoms with van der Waals surface area (Å²) < 4.78 is 5.86. The molecule has 1 aromatic heterocycles. The van der Waals surface area contributed by atoms with Crippen LogP contribution in [0.25, 0.3) is 0 Å². The summed E-state index contributed by atoms with van der Waals surface area (Å²) in [5, 5.41) is 20.2. The highest BCUT2D eigenvalue weighted by Crippen LogP contribution is 2.39. The molecule has 2 saturated heterocycles. The van der Waals surface area contributed by atoms with Gasteiger partial charge in [-0.2, -0.15) is 0 Å². The minimum absolute atomic E-state index is 0.0527. The van der Waals surface area contributed by atoms with Gasteiger partial charge < -0.3 is 19.8 Å². The van der Waals surface area contributed by atoms with Crippen LogP contribution in [0.15, 0.2) is 6.33 Å². The number of nitrogens with zero attached hydrogens (tertiary/aromatic N) is 3. The molecular formula is C17H25N3O4. The first-order valence-electron chi connectivity index (χ1n) is 8.36. The highest BCUT2D eigenvalue weighted by atomic mass is 16.5. The number of aromatic nitrogens is 2. The summed E-state index contributed by atoms with van der Waals surface area (Å²) in [5.41, 5.74) is 0.336. The maximum Gasteiger partial charge on any atom is 0.257 e. The van der Waals surface area contributed by atoms with Crippen LogP contribution in [0.1, 0.15) is 47.9 Å². The van der Waals surface area contributed by atoms with Crippen molar-refractivity contribution >= 4 is 5.91 Å². The van der Waals surface area contributed by atoms with Crippen molar-refractivity contribution in [3.8, 4) is 0 Å². The second-order valence-electron chi connectivity index (χ2n) is 7.26. The van der Waals surface area contributed by atoms with Crippen LogP contribution in [-0.4, -0.2) is 68.0 Å². The molecule has 0 radical (unpaired) electrons. The molecule has 0 unspecified atom stereocenters. The molecule has 7 heteroatoms. The molecule has 1 amide bonds. The number of aryl methyl sites for hydroxylation is 2. The molecule has 132 valence electrons. The lowest BCUT2D eigenvalue weighted by Gasteiger charge is -2.49. The molecule has 0 saturated carbocycles. The molecular weight excluding hydrogens is 310 g/mol. The number of aliphatic hydroxyl groups is 2. The van der Waals surface area contributed by atoms with E-state index in [1.807, 2.05) is 13.8 Å². The van der Waals surface area contributed by atoms with Gasteiger partial charge in [-0.05, 0) is 33.6 Å². The standard InChI is InChI=1S/C17H25N3O4/c1-11-14(12(2)19-10-18-11)15(22)20-6-4-17(5-7-20)9-16(3,23)13(21)8-24-17/h10,13,21,23H,4-9H2,1-3H3/t13-,16-/m0/s1. The van der Waals surface area contributed by atoms with Gasteiger partial charge in [-0.15, -0.1) is 0 Å². The van der Waals surface area contributed by atoms with E-state index in [2.05, 4.69) is 9.97 Å². The van der Waals surface area contributed by atoms with E-state index in [1.165, 1.54) is 6.33 Å². The first-order valence-corrected chi connectivity index (χ1v) is 8.36. The largest absolute Gasteiger partial charge is 0.388 e. The van der Waals surface area contributed by atoms with Crippen molar-refractivity contribution in [3.05, 3.63) is 23.3 Å². The van der Waals surface area contributed by atoms with Gasteiger partial charge in [-0.25, -0.2) is 9.97 Å². The van der Waals surface area contributed by atoms with E-state index in [4.69, 9.17) is 4.74 Å². The molecule has 1 spiro atoms. The molecule has 7 nitrogen and oxygen atoms in total. The van der Waals surface area contributed by atoms with E-state index in [-0.39, 0.29) is 12.5 Å². The summed E-state index contributed by atoms with van der Waals surface area (Å²) in [4.78, 5) is 22.9. The van der Waals surface area contributed by atoms with E-state index < -0.39 is 17.3 Å². The van der Waals surface area contributed by atoms with Gasteiger partial charge >= 0.3 is 0 Å². The van der Waals surface area contributed by atoms with Crippen LogP contribution in [0, 0.1) is 13.8 Å². The van der Waals surface area contributed by atoms with Gasteiger partial charge in [0, 0.05) is 19.5 Å². The van der Waals surface area contributed by atoms with E-state index in [9.17, 15) is 15.0 Å². The molecule has 0 bridgehead atoms. The highest BCUT2D eigenvalue weighted by Gasteiger charge is 2.49. The highest BCUT2D eigenvalue weighted by molar-refractivity contribution is 5.96. The zero-order chi connectivity index (χ0) is 17.5. The predicted octanol–water partition coefficient (Wildman–Crippen LogP) is 0.600. The van der Waals surface area contributed by atoms with Crippen molar-refractivity contribution in [2.45, 2.75) is 57.3 Å². The minimum Gasteiger partial charge on any atom is -0.388 e. The van der Waals surface area contributed by atoms with E-state index in [0.29, 0.717) is 49.3 Å². The Bertz CT molecular complexity index is 618. The molecule has 2 fully saturated rings. The average molecular weight is 335 g/mol. The number of hydrogen-bond donors (Lipinski definition) is 2. The monoisotopic (exact) mass is 335 g/mol. The molecule has 2 aliphatic heterocycles. The molecule has 3 heterocycles. The second kappa shape index (κ2) is 6.06. The first-order chi connectivity index (χ1) is 11.2. The van der Waals surface area contributed by atoms with E-state index in [1.54, 1.807) is 11.8 Å². The van der Waals surface area contributed by atoms with E-state index in [0.717, 1.165) is 0 Å². The maximum absolute atomic E-state index is 12.8. The van der Waals surface area contributed by atoms with Crippen LogP contribution in [0.5, 0.6) is 0 Å². The number of carbonyl (C=O) groups excluding carboxylic acids is 1. The van der Waals surface area contributed by atoms with Crippen molar-refractivity contribution < 1.29 is 19.7 Å². The molecule has 2 N–H and O–H groups in total. The zero-order valence-corrected chi connectivity index (χ0v) is 14.4. The van der Waals surface area contributed by atoms with Gasteiger partial charge in [0.2, 0.25) is 0 Å². The Morgan fingerprint density at radius 2 is 1.88 bits per heavy atom. The molecule has 3 rings (SSSR count). The van der Waals surface area contributed by atoms with Gasteiger partial charge in [-0.1, -0.05) is 0 Å². The third-order valence-corrected chi connectivity index (χ3v) is 5.35. The van der Waals surface area contributed by atoms with Crippen molar-refractivity contribution in [1.29, 1.82) is 0 Å². The predicted molar refractivity (Wildman–Crippen MR) is 86.6 cm³/mol. The van der Waals surface area contributed by atoms with Crippen LogP contribution in [0.2, 0.25) is 0 Å². The van der Waals surface area contributed by atoms with Crippen LogP contribution in [0.3, 0.4) is 0 Å². The number of rotatable bonds is 1. The third kappa shape index (κ3) is 3.03. The SMILES string of the molecule is Cc1ncnc(C)c1C(=O)N1CCC2(CC1)C[C@](C)(O)[C@@H](O)CO2. The Morgan fingerprint density at radius 3 is 2.42 bits per heavy atom. The maximum atomic E-state index is 12.8. The van der Waals surface area contributed by atoms with Crippen molar-refractivity contribution in [2.24, 2.45) is 0 Å². The quantitative estimate of drug-likeness (QED) is 0.780. The number of ether oxygens (including phenoxy) is 1. The lowest BCUT2D eigenvalue weighted by molar-refractivity contribution is -0.221. The first kappa shape index (κ1) is 17.3. The lowest BCUT2D eigenvalue weighted by Crippen LogP contribution is -2.59. The number of hydrogen-bond acceptors (Lipinski definition) is 6. The smallest absolute Gasteiger partial charge is 0.257 e. The summed E-state index contributed by atoms with van der Waals surface area (Å²) in [5.74, 6) is -0.0527. The van der Waals surface area contributed by atoms with E-state index >= 15 is 0 Å². The molecule has 0 aromatic carbocycles. The Labute approximate surface area is 141 Å². The summed E-state index contributed by atoms with van der Waals surface area (Å²) >= 11 is 0. The zero-order valence-electron chi connectivity index (χ0n) is 14.4. The van der Waals surface area contributed by atoms with Crippen molar-refractivity contribution in [1.82, 2.24) is 14.9 Å². The fraction of sp³-hybridized carbons (Fsp3) is 0.706. The molecule has 0 aliphatic carbocycles. The molecule has 24 heavy (non-hydrogen) atoms. The number of aliphatic hydroxyl groups excluding tert-OH is 1. The average Bonchev–Trinajstić information content (AvgIpc) is 2.51. The minimum atomic E-state index is -1.15. The summed E-state index contributed by atoms with van der Waals surface area (Å²) in [6.07, 6.45) is 2.28. The van der Waals surface area contributed by atoms with Crippen molar-refractivity contribution in [3.63, 3.8) is 0 Å². The molecule has 1 aromatic rings. The third-order valence-electron chi connectivity index (χ3n) is 5.35. The Balaban J connectivity index is 1.70. The van der Waals surface area contributed by atoms with Crippen molar-refractivity contribution in [2.75, 3.05) is 19.7 Å². The van der Waals surface area contributed by atoms with Gasteiger partial charge in [0.1, 0.15) is 12.4 Å². The number of amides is 1. The fourth-order valence-corrected chi connectivity index (χ4v) is 3.76. The van der Waals surface area contributed by atoms with Gasteiger partial charge in [0.05, 0.1) is 34.8 Å². The van der Waals surface area contributed by atoms with Gasteiger partial charge in [0.15, 0.2) is 0 Å². The van der Waals surface area contributed by atoms with Crippen LogP contribution < -0.4 is 0 Å². The molecule has 2 aliphatic rings. The summed E-state index contributed by atoms with van der Waals surface area (Å²) in [6.45, 7) is 6.52. The normalized spacial score (nSPS) is 29.7. The number of likely N-dealkylation sites (tertiary alicyclic amines) is 1. The summed E-state index contributed by atoms with van der Waals surface area (Å²) in [7, 11) is 0.